The first-order valence-corrected chi connectivity index (χ1v) is 6.01. The lowest BCUT2D eigenvalue weighted by molar-refractivity contribution is 0.590. The number of nitrogens with two attached hydrogens (primary N) is 1. The lowest BCUT2D eigenvalue weighted by atomic mass is 10.1. The van der Waals surface area contributed by atoms with Gasteiger partial charge in [-0.2, -0.15) is 0 Å². The fraction of sp³-hybridized carbons (Fsp3) is 0.500. The highest BCUT2D eigenvalue weighted by molar-refractivity contribution is 9.10. The lowest BCUT2D eigenvalue weighted by Crippen LogP contribution is -2.28. The van der Waals surface area contributed by atoms with Crippen molar-refractivity contribution in [1.29, 1.82) is 0 Å². The van der Waals surface area contributed by atoms with E-state index in [0.29, 0.717) is 5.92 Å². The number of nitrogens with zero attached hydrogens (tertiary/aromatic N) is 1. The summed E-state index contributed by atoms with van der Waals surface area (Å²) >= 11 is 3.50. The number of rotatable bonds is 4. The van der Waals surface area contributed by atoms with Crippen molar-refractivity contribution < 1.29 is 0 Å². The van der Waals surface area contributed by atoms with Gasteiger partial charge in [0.2, 0.25) is 0 Å². The molecule has 0 saturated carbocycles. The van der Waals surface area contributed by atoms with Crippen molar-refractivity contribution in [3.05, 3.63) is 28.2 Å². The van der Waals surface area contributed by atoms with Gasteiger partial charge in [0.1, 0.15) is 0 Å². The minimum atomic E-state index is 0.527. The fourth-order valence-corrected chi connectivity index (χ4v) is 1.76. The lowest BCUT2D eigenvalue weighted by Gasteiger charge is -2.23. The quantitative estimate of drug-likeness (QED) is 0.912. The molecule has 2 N–H and O–H groups in total. The Morgan fingerprint density at radius 2 is 2.13 bits per heavy atom. The molecule has 0 aromatic heterocycles. The summed E-state index contributed by atoms with van der Waals surface area (Å²) in [6.07, 6.45) is 0. The van der Waals surface area contributed by atoms with E-state index >= 15 is 0 Å². The van der Waals surface area contributed by atoms with Crippen LogP contribution in [0, 0.1) is 12.8 Å². The molecular weight excluding hydrogens is 252 g/mol. The van der Waals surface area contributed by atoms with Crippen LogP contribution in [0.4, 0.5) is 5.69 Å². The maximum atomic E-state index is 5.62. The van der Waals surface area contributed by atoms with Crippen molar-refractivity contribution in [1.82, 2.24) is 0 Å². The molecule has 0 amide bonds. The van der Waals surface area contributed by atoms with E-state index in [1.165, 1.54) is 11.3 Å². The minimum absolute atomic E-state index is 0.527. The molecule has 0 saturated heterocycles. The van der Waals surface area contributed by atoms with Gasteiger partial charge in [-0.1, -0.05) is 22.9 Å². The summed E-state index contributed by atoms with van der Waals surface area (Å²) in [5, 5.41) is 0. The van der Waals surface area contributed by atoms with Gasteiger partial charge in [0.25, 0.3) is 0 Å². The van der Waals surface area contributed by atoms with Crippen LogP contribution in [0.15, 0.2) is 22.7 Å². The maximum absolute atomic E-state index is 5.62. The van der Waals surface area contributed by atoms with Gasteiger partial charge in [0, 0.05) is 23.8 Å². The molecule has 0 fully saturated rings. The molecule has 0 aliphatic heterocycles. The van der Waals surface area contributed by atoms with Crippen molar-refractivity contribution in [2.75, 3.05) is 25.0 Å². The third-order valence-corrected chi connectivity index (χ3v) is 3.46. The highest BCUT2D eigenvalue weighted by atomic mass is 79.9. The summed E-state index contributed by atoms with van der Waals surface area (Å²) in [5.41, 5.74) is 8.13. The first kappa shape index (κ1) is 12.5. The van der Waals surface area contributed by atoms with Crippen molar-refractivity contribution >= 4 is 21.6 Å². The minimum Gasteiger partial charge on any atom is -0.374 e. The molecule has 0 aliphatic carbocycles. The molecule has 0 heterocycles. The summed E-state index contributed by atoms with van der Waals surface area (Å²) in [4.78, 5) is 2.25. The van der Waals surface area contributed by atoms with Crippen LogP contribution in [-0.2, 0) is 0 Å². The van der Waals surface area contributed by atoms with Crippen molar-refractivity contribution in [3.8, 4) is 0 Å². The molecule has 0 spiro atoms. The van der Waals surface area contributed by atoms with Gasteiger partial charge in [-0.05, 0) is 43.1 Å². The summed E-state index contributed by atoms with van der Waals surface area (Å²) < 4.78 is 1.16. The molecule has 0 radical (unpaired) electrons. The predicted octanol–water partition coefficient (Wildman–Crippen LogP) is 2.79. The molecule has 15 heavy (non-hydrogen) atoms. The average molecular weight is 271 g/mol. The second-order valence-corrected chi connectivity index (χ2v) is 5.01. The predicted molar refractivity (Wildman–Crippen MR) is 70.4 cm³/mol. The van der Waals surface area contributed by atoms with E-state index in [2.05, 4.69) is 59.9 Å². The summed E-state index contributed by atoms with van der Waals surface area (Å²) in [5.74, 6) is 0.527. The van der Waals surface area contributed by atoms with Gasteiger partial charge in [0.05, 0.1) is 0 Å². The molecule has 3 heteroatoms. The molecule has 1 atom stereocenters. The zero-order valence-corrected chi connectivity index (χ0v) is 11.2. The van der Waals surface area contributed by atoms with Gasteiger partial charge in [-0.15, -0.1) is 0 Å². The Morgan fingerprint density at radius 3 is 2.67 bits per heavy atom. The van der Waals surface area contributed by atoms with E-state index in [1.807, 2.05) is 0 Å². The van der Waals surface area contributed by atoms with Crippen LogP contribution in [0.3, 0.4) is 0 Å². The summed E-state index contributed by atoms with van der Waals surface area (Å²) in [7, 11) is 2.11. The Hall–Kier alpha value is -0.540. The van der Waals surface area contributed by atoms with E-state index in [1.54, 1.807) is 0 Å². The molecule has 1 aromatic rings. The van der Waals surface area contributed by atoms with E-state index in [9.17, 15) is 0 Å². The molecule has 1 aromatic carbocycles. The Morgan fingerprint density at radius 1 is 1.47 bits per heavy atom. The Labute approximate surface area is 101 Å². The Balaban J connectivity index is 2.73. The molecule has 1 rings (SSSR count). The smallest absolute Gasteiger partial charge is 0.0367 e. The molecule has 84 valence electrons. The zero-order valence-electron chi connectivity index (χ0n) is 9.63. The van der Waals surface area contributed by atoms with Crippen molar-refractivity contribution in [3.63, 3.8) is 0 Å². The number of halogens is 1. The zero-order chi connectivity index (χ0) is 11.4. The number of hydrogen-bond donors (Lipinski definition) is 1. The van der Waals surface area contributed by atoms with E-state index in [4.69, 9.17) is 5.73 Å². The molecule has 1 unspecified atom stereocenters. The number of anilines is 1. The number of hydrogen-bond acceptors (Lipinski definition) is 2. The van der Waals surface area contributed by atoms with Gasteiger partial charge in [-0.3, -0.25) is 0 Å². The van der Waals surface area contributed by atoms with Gasteiger partial charge < -0.3 is 10.6 Å². The van der Waals surface area contributed by atoms with Crippen LogP contribution in [-0.4, -0.2) is 20.1 Å². The van der Waals surface area contributed by atoms with Gasteiger partial charge in [-0.25, -0.2) is 0 Å². The van der Waals surface area contributed by atoms with Crippen LogP contribution in [0.2, 0.25) is 0 Å². The van der Waals surface area contributed by atoms with Gasteiger partial charge in [0.15, 0.2) is 0 Å². The SMILES string of the molecule is Cc1cc(N(C)CC(C)CN)ccc1Br. The largest absolute Gasteiger partial charge is 0.374 e. The van der Waals surface area contributed by atoms with Crippen LogP contribution in [0.1, 0.15) is 12.5 Å². The third kappa shape index (κ3) is 3.50. The standard InChI is InChI=1S/C12H19BrN2/c1-9(7-14)8-15(3)11-4-5-12(13)10(2)6-11/h4-6,9H,7-8,14H2,1-3H3. The third-order valence-electron chi connectivity index (χ3n) is 2.57. The summed E-state index contributed by atoms with van der Waals surface area (Å²) in [6, 6.07) is 6.40. The molecule has 0 aliphatic rings. The van der Waals surface area contributed by atoms with E-state index in [-0.39, 0.29) is 0 Å². The Bertz CT molecular complexity index is 325. The van der Waals surface area contributed by atoms with E-state index < -0.39 is 0 Å². The van der Waals surface area contributed by atoms with Crippen LogP contribution < -0.4 is 10.6 Å². The fourth-order valence-electron chi connectivity index (χ4n) is 1.51. The molecule has 2 nitrogen and oxygen atoms in total. The second-order valence-electron chi connectivity index (χ2n) is 4.15. The van der Waals surface area contributed by atoms with Gasteiger partial charge >= 0.3 is 0 Å². The number of benzene rings is 1. The first-order chi connectivity index (χ1) is 7.04. The van der Waals surface area contributed by atoms with Crippen molar-refractivity contribution in [2.45, 2.75) is 13.8 Å². The van der Waals surface area contributed by atoms with Crippen molar-refractivity contribution in [2.24, 2.45) is 11.7 Å². The Kier molecular flexibility index (Phi) is 4.61. The average Bonchev–Trinajstić information content (AvgIpc) is 2.21. The highest BCUT2D eigenvalue weighted by Gasteiger charge is 2.06. The first-order valence-electron chi connectivity index (χ1n) is 5.22. The summed E-state index contributed by atoms with van der Waals surface area (Å²) in [6.45, 7) is 6.01. The number of aryl methyl sites for hydroxylation is 1. The normalized spacial score (nSPS) is 12.6. The monoisotopic (exact) mass is 270 g/mol. The highest BCUT2D eigenvalue weighted by Crippen LogP contribution is 2.22. The second kappa shape index (κ2) is 5.52. The maximum Gasteiger partial charge on any atom is 0.0367 e. The van der Waals surface area contributed by atoms with Crippen LogP contribution in [0.25, 0.3) is 0 Å². The molecular formula is C12H19BrN2. The van der Waals surface area contributed by atoms with Crippen LogP contribution in [0.5, 0.6) is 0 Å². The van der Waals surface area contributed by atoms with Crippen LogP contribution >= 0.6 is 15.9 Å². The topological polar surface area (TPSA) is 29.3 Å². The van der Waals surface area contributed by atoms with E-state index in [0.717, 1.165) is 17.6 Å². The molecule has 0 bridgehead atoms.